The minimum atomic E-state index is -4.63. The number of hydrogen-bond acceptors (Lipinski definition) is 2. The molecule has 0 N–H and O–H groups in total. The minimum absolute atomic E-state index is 0.143. The van der Waals surface area contributed by atoms with E-state index in [0.717, 1.165) is 5.56 Å². The van der Waals surface area contributed by atoms with Crippen molar-refractivity contribution in [2.45, 2.75) is 18.2 Å². The highest BCUT2D eigenvalue weighted by Gasteiger charge is 2.31. The van der Waals surface area contributed by atoms with Crippen LogP contribution < -0.4 is 4.74 Å². The summed E-state index contributed by atoms with van der Waals surface area (Å²) in [5, 5.41) is 0. The van der Waals surface area contributed by atoms with Gasteiger partial charge in [0.2, 0.25) is 0 Å². The number of aryl methyl sites for hydroxylation is 1. The van der Waals surface area contributed by atoms with Crippen LogP contribution in [0.5, 0.6) is 5.75 Å². The summed E-state index contributed by atoms with van der Waals surface area (Å²) in [5.74, 6) is -0.143. The van der Waals surface area contributed by atoms with Crippen LogP contribution in [0, 0.1) is 6.92 Å². The Balaban J connectivity index is 2.97. The fourth-order valence-electron chi connectivity index (χ4n) is 0.984. The smallest absolute Gasteiger partial charge is 0.405 e. The van der Waals surface area contributed by atoms with Gasteiger partial charge in [-0.15, -0.1) is 24.9 Å². The number of ether oxygens (including phenoxy) is 1. The minimum Gasteiger partial charge on any atom is -0.405 e. The predicted octanol–water partition coefficient (Wildman–Crippen LogP) is 3.62. The molecule has 0 amide bonds. The SMILES string of the molecule is CSc1cc(C)ccc1OC(F)(F)F. The molecule has 0 aliphatic heterocycles. The number of benzene rings is 1. The third-order valence-corrected chi connectivity index (χ3v) is 2.30. The molecule has 0 fully saturated rings. The van der Waals surface area contributed by atoms with Crippen LogP contribution >= 0.6 is 11.8 Å². The maximum Gasteiger partial charge on any atom is 0.573 e. The van der Waals surface area contributed by atoms with Crippen LogP contribution in [-0.2, 0) is 0 Å². The molecule has 0 aromatic heterocycles. The van der Waals surface area contributed by atoms with Crippen molar-refractivity contribution < 1.29 is 17.9 Å². The first-order chi connectivity index (χ1) is 6.42. The average molecular weight is 222 g/mol. The van der Waals surface area contributed by atoms with E-state index in [2.05, 4.69) is 4.74 Å². The molecular formula is C9H9F3OS. The molecule has 1 rings (SSSR count). The Kier molecular flexibility index (Phi) is 3.31. The van der Waals surface area contributed by atoms with E-state index in [1.54, 1.807) is 18.4 Å². The summed E-state index contributed by atoms with van der Waals surface area (Å²) in [4.78, 5) is 0.488. The zero-order chi connectivity index (χ0) is 10.8. The van der Waals surface area contributed by atoms with E-state index in [1.165, 1.54) is 17.8 Å². The molecule has 5 heteroatoms. The molecule has 1 aromatic rings. The summed E-state index contributed by atoms with van der Waals surface area (Å²) in [7, 11) is 0. The maximum absolute atomic E-state index is 11.9. The van der Waals surface area contributed by atoms with Crippen LogP contribution in [0.4, 0.5) is 13.2 Å². The van der Waals surface area contributed by atoms with Crippen molar-refractivity contribution in [2.75, 3.05) is 6.26 Å². The lowest BCUT2D eigenvalue weighted by molar-refractivity contribution is -0.275. The summed E-state index contributed by atoms with van der Waals surface area (Å²) in [6, 6.07) is 4.57. The molecule has 0 bridgehead atoms. The number of thioether (sulfide) groups is 1. The summed E-state index contributed by atoms with van der Waals surface area (Å²) >= 11 is 1.23. The van der Waals surface area contributed by atoms with Crippen molar-refractivity contribution in [3.8, 4) is 5.75 Å². The normalized spacial score (nSPS) is 11.5. The fraction of sp³-hybridized carbons (Fsp3) is 0.333. The Morgan fingerprint density at radius 3 is 2.43 bits per heavy atom. The van der Waals surface area contributed by atoms with Crippen molar-refractivity contribution in [3.05, 3.63) is 23.8 Å². The number of hydrogen-bond donors (Lipinski definition) is 0. The molecule has 0 aliphatic carbocycles. The van der Waals surface area contributed by atoms with Crippen molar-refractivity contribution >= 4 is 11.8 Å². The van der Waals surface area contributed by atoms with Crippen LogP contribution in [0.25, 0.3) is 0 Å². The van der Waals surface area contributed by atoms with Crippen LogP contribution in [0.2, 0.25) is 0 Å². The lowest BCUT2D eigenvalue weighted by Crippen LogP contribution is -2.17. The molecule has 0 atom stereocenters. The van der Waals surface area contributed by atoms with Gasteiger partial charge >= 0.3 is 6.36 Å². The van der Waals surface area contributed by atoms with E-state index in [1.807, 2.05) is 6.92 Å². The number of halogens is 3. The Bertz CT molecular complexity index is 322. The fourth-order valence-corrected chi connectivity index (χ4v) is 1.60. The molecule has 0 saturated heterocycles. The van der Waals surface area contributed by atoms with Gasteiger partial charge < -0.3 is 4.74 Å². The van der Waals surface area contributed by atoms with Gasteiger partial charge in [-0.3, -0.25) is 0 Å². The van der Waals surface area contributed by atoms with Gasteiger partial charge in [-0.1, -0.05) is 6.07 Å². The first-order valence-corrected chi connectivity index (χ1v) is 5.05. The van der Waals surface area contributed by atoms with Crippen molar-refractivity contribution in [1.29, 1.82) is 0 Å². The van der Waals surface area contributed by atoms with E-state index < -0.39 is 6.36 Å². The van der Waals surface area contributed by atoms with Gasteiger partial charge in [-0.05, 0) is 30.9 Å². The summed E-state index contributed by atoms with van der Waals surface area (Å²) < 4.78 is 39.6. The van der Waals surface area contributed by atoms with E-state index in [0.29, 0.717) is 4.90 Å². The van der Waals surface area contributed by atoms with Crippen molar-refractivity contribution in [1.82, 2.24) is 0 Å². The lowest BCUT2D eigenvalue weighted by atomic mass is 10.2. The zero-order valence-electron chi connectivity index (χ0n) is 7.68. The van der Waals surface area contributed by atoms with Gasteiger partial charge in [0.1, 0.15) is 5.75 Å². The molecule has 14 heavy (non-hydrogen) atoms. The van der Waals surface area contributed by atoms with Gasteiger partial charge in [-0.2, -0.15) is 0 Å². The van der Waals surface area contributed by atoms with Crippen LogP contribution in [-0.4, -0.2) is 12.6 Å². The molecule has 0 unspecified atom stereocenters. The molecule has 0 heterocycles. The second-order valence-corrected chi connectivity index (χ2v) is 3.55. The first kappa shape index (κ1) is 11.2. The summed E-state index contributed by atoms with van der Waals surface area (Å²) in [6.45, 7) is 1.82. The standard InChI is InChI=1S/C9H9F3OS/c1-6-3-4-7(8(5-6)14-2)13-9(10,11)12/h3-5H,1-2H3. The highest BCUT2D eigenvalue weighted by molar-refractivity contribution is 7.98. The quantitative estimate of drug-likeness (QED) is 0.707. The maximum atomic E-state index is 11.9. The van der Waals surface area contributed by atoms with E-state index >= 15 is 0 Å². The van der Waals surface area contributed by atoms with E-state index in [9.17, 15) is 13.2 Å². The van der Waals surface area contributed by atoms with Crippen LogP contribution in [0.3, 0.4) is 0 Å². The third kappa shape index (κ3) is 3.14. The Morgan fingerprint density at radius 1 is 1.29 bits per heavy atom. The van der Waals surface area contributed by atoms with Crippen LogP contribution in [0.15, 0.2) is 23.1 Å². The highest BCUT2D eigenvalue weighted by atomic mass is 32.2. The Hall–Kier alpha value is -0.840. The zero-order valence-corrected chi connectivity index (χ0v) is 8.50. The number of rotatable bonds is 2. The second-order valence-electron chi connectivity index (χ2n) is 2.70. The van der Waals surface area contributed by atoms with Crippen LogP contribution in [0.1, 0.15) is 5.56 Å². The largest absolute Gasteiger partial charge is 0.573 e. The highest BCUT2D eigenvalue weighted by Crippen LogP contribution is 2.32. The molecular weight excluding hydrogens is 213 g/mol. The molecule has 0 spiro atoms. The molecule has 78 valence electrons. The second kappa shape index (κ2) is 4.13. The van der Waals surface area contributed by atoms with Gasteiger partial charge in [0.05, 0.1) is 0 Å². The Labute approximate surface area is 84.3 Å². The summed E-state index contributed by atoms with van der Waals surface area (Å²) in [6.07, 6.45) is -2.92. The van der Waals surface area contributed by atoms with Gasteiger partial charge in [-0.25, -0.2) is 0 Å². The van der Waals surface area contributed by atoms with E-state index in [-0.39, 0.29) is 5.75 Å². The molecule has 1 aromatic carbocycles. The number of alkyl halides is 3. The van der Waals surface area contributed by atoms with Gasteiger partial charge in [0.15, 0.2) is 0 Å². The third-order valence-electron chi connectivity index (χ3n) is 1.54. The lowest BCUT2D eigenvalue weighted by Gasteiger charge is -2.12. The first-order valence-electron chi connectivity index (χ1n) is 3.83. The molecule has 0 saturated carbocycles. The monoisotopic (exact) mass is 222 g/mol. The van der Waals surface area contributed by atoms with Crippen molar-refractivity contribution in [2.24, 2.45) is 0 Å². The van der Waals surface area contributed by atoms with Gasteiger partial charge in [0.25, 0.3) is 0 Å². The Morgan fingerprint density at radius 2 is 1.93 bits per heavy atom. The molecule has 1 nitrogen and oxygen atoms in total. The molecule has 0 radical (unpaired) electrons. The van der Waals surface area contributed by atoms with E-state index in [4.69, 9.17) is 0 Å². The van der Waals surface area contributed by atoms with Gasteiger partial charge in [0, 0.05) is 4.90 Å². The summed E-state index contributed by atoms with van der Waals surface area (Å²) in [5.41, 5.74) is 0.906. The average Bonchev–Trinajstić information content (AvgIpc) is 2.06. The van der Waals surface area contributed by atoms with Crippen molar-refractivity contribution in [3.63, 3.8) is 0 Å². The predicted molar refractivity (Wildman–Crippen MR) is 49.6 cm³/mol. The topological polar surface area (TPSA) is 9.23 Å². The molecule has 0 aliphatic rings.